The second-order valence-electron chi connectivity index (χ2n) is 5.67. The predicted octanol–water partition coefficient (Wildman–Crippen LogP) is 3.80. The van der Waals surface area contributed by atoms with Gasteiger partial charge in [-0.05, 0) is 18.9 Å². The minimum absolute atomic E-state index is 0.0308. The molecule has 1 aliphatic heterocycles. The lowest BCUT2D eigenvalue weighted by atomic mass is 10.1. The summed E-state index contributed by atoms with van der Waals surface area (Å²) in [5.41, 5.74) is 3.01. The number of benzene rings is 1. The molecule has 118 valence electrons. The molecule has 6 heteroatoms. The molecule has 1 saturated heterocycles. The Labute approximate surface area is 137 Å². The van der Waals surface area contributed by atoms with E-state index in [9.17, 15) is 4.79 Å². The lowest BCUT2D eigenvalue weighted by molar-refractivity contribution is -0.118. The zero-order valence-corrected chi connectivity index (χ0v) is 13.4. The van der Waals surface area contributed by atoms with E-state index in [1.165, 1.54) is 11.3 Å². The summed E-state index contributed by atoms with van der Waals surface area (Å²) < 4.78 is 5.49. The number of aromatic amines is 1. The molecule has 0 bridgehead atoms. The lowest BCUT2D eigenvalue weighted by Gasteiger charge is -2.07. The zero-order chi connectivity index (χ0) is 15.6. The first-order valence-electron chi connectivity index (χ1n) is 7.73. The van der Waals surface area contributed by atoms with Crippen LogP contribution >= 0.6 is 11.3 Å². The number of aromatic nitrogens is 2. The monoisotopic (exact) mass is 327 g/mol. The van der Waals surface area contributed by atoms with Gasteiger partial charge in [0.2, 0.25) is 5.91 Å². The van der Waals surface area contributed by atoms with Gasteiger partial charge in [0.15, 0.2) is 5.13 Å². The quantitative estimate of drug-likeness (QED) is 0.766. The molecule has 1 atom stereocenters. The van der Waals surface area contributed by atoms with Gasteiger partial charge in [-0.2, -0.15) is 0 Å². The number of thiazole rings is 1. The fourth-order valence-corrected chi connectivity index (χ4v) is 3.65. The fraction of sp³-hybridized carbons (Fsp3) is 0.294. The summed E-state index contributed by atoms with van der Waals surface area (Å²) >= 11 is 1.44. The number of rotatable bonds is 4. The van der Waals surface area contributed by atoms with E-state index < -0.39 is 0 Å². The number of carbonyl (C=O) groups is 1. The Balaban J connectivity index is 1.49. The Morgan fingerprint density at radius 3 is 3.22 bits per heavy atom. The van der Waals surface area contributed by atoms with Crippen molar-refractivity contribution >= 4 is 33.3 Å². The molecule has 3 aromatic rings. The number of nitrogens with zero attached hydrogens (tertiary/aromatic N) is 1. The van der Waals surface area contributed by atoms with Crippen LogP contribution < -0.4 is 5.32 Å². The predicted molar refractivity (Wildman–Crippen MR) is 91.6 cm³/mol. The molecule has 4 rings (SSSR count). The maximum Gasteiger partial charge on any atom is 0.228 e. The minimum Gasteiger partial charge on any atom is -0.378 e. The van der Waals surface area contributed by atoms with Gasteiger partial charge in [-0.1, -0.05) is 18.2 Å². The van der Waals surface area contributed by atoms with Gasteiger partial charge in [0, 0.05) is 34.7 Å². The van der Waals surface area contributed by atoms with Crippen LogP contribution in [0, 0.1) is 0 Å². The second-order valence-corrected chi connectivity index (χ2v) is 6.53. The van der Waals surface area contributed by atoms with Crippen molar-refractivity contribution in [2.45, 2.75) is 25.4 Å². The molecule has 23 heavy (non-hydrogen) atoms. The molecule has 0 spiro atoms. The average molecular weight is 327 g/mol. The highest BCUT2D eigenvalue weighted by molar-refractivity contribution is 7.14. The molecule has 1 aliphatic rings. The van der Waals surface area contributed by atoms with E-state index >= 15 is 0 Å². The van der Waals surface area contributed by atoms with Crippen LogP contribution in [-0.2, 0) is 9.53 Å². The van der Waals surface area contributed by atoms with Gasteiger partial charge in [0.25, 0.3) is 0 Å². The molecule has 2 N–H and O–H groups in total. The van der Waals surface area contributed by atoms with Gasteiger partial charge in [-0.3, -0.25) is 4.79 Å². The normalized spacial score (nSPS) is 17.7. The standard InChI is InChI=1S/C17H17N3O2S/c21-16(8-11-4-3-7-22-11)20-17-19-15(10-23-17)13-9-18-14-6-2-1-5-12(13)14/h1-2,5-6,9-11,18H,3-4,7-8H2,(H,19,20,21)/t11-/m1/s1. The Morgan fingerprint density at radius 1 is 1.43 bits per heavy atom. The second kappa shape index (κ2) is 6.14. The van der Waals surface area contributed by atoms with E-state index in [0.29, 0.717) is 11.6 Å². The number of H-pyrrole nitrogens is 1. The van der Waals surface area contributed by atoms with Gasteiger partial charge in [-0.15, -0.1) is 11.3 Å². The van der Waals surface area contributed by atoms with Gasteiger partial charge >= 0.3 is 0 Å². The van der Waals surface area contributed by atoms with Crippen molar-refractivity contribution in [2.24, 2.45) is 0 Å². The molecule has 3 heterocycles. The summed E-state index contributed by atoms with van der Waals surface area (Å²) in [6.07, 6.45) is 4.42. The van der Waals surface area contributed by atoms with Crippen LogP contribution in [0.4, 0.5) is 5.13 Å². The summed E-state index contributed by atoms with van der Waals surface area (Å²) in [4.78, 5) is 19.8. The number of anilines is 1. The first-order chi connectivity index (χ1) is 11.3. The molecule has 0 unspecified atom stereocenters. The molecular formula is C17H17N3O2S. The molecule has 1 aromatic carbocycles. The lowest BCUT2D eigenvalue weighted by Crippen LogP contribution is -2.19. The van der Waals surface area contributed by atoms with Gasteiger partial charge in [-0.25, -0.2) is 4.98 Å². The third kappa shape index (κ3) is 3.00. The van der Waals surface area contributed by atoms with Gasteiger partial charge in [0.1, 0.15) is 0 Å². The van der Waals surface area contributed by atoms with E-state index in [1.54, 1.807) is 0 Å². The molecule has 5 nitrogen and oxygen atoms in total. The van der Waals surface area contributed by atoms with E-state index in [0.717, 1.165) is 41.6 Å². The summed E-state index contributed by atoms with van der Waals surface area (Å²) in [7, 11) is 0. The summed E-state index contributed by atoms with van der Waals surface area (Å²) in [6, 6.07) is 8.11. The number of hydrogen-bond acceptors (Lipinski definition) is 4. The van der Waals surface area contributed by atoms with Crippen LogP contribution in [0.5, 0.6) is 0 Å². The maximum atomic E-state index is 12.0. The maximum absolute atomic E-state index is 12.0. The van der Waals surface area contributed by atoms with Crippen molar-refractivity contribution in [1.82, 2.24) is 9.97 Å². The third-order valence-corrected chi connectivity index (χ3v) is 4.81. The molecular weight excluding hydrogens is 310 g/mol. The van der Waals surface area contributed by atoms with Crippen molar-refractivity contribution in [3.05, 3.63) is 35.8 Å². The van der Waals surface area contributed by atoms with Gasteiger partial charge < -0.3 is 15.0 Å². The fourth-order valence-electron chi connectivity index (χ4n) is 2.92. The number of ether oxygens (including phenoxy) is 1. The first kappa shape index (κ1) is 14.4. The van der Waals surface area contributed by atoms with Crippen molar-refractivity contribution < 1.29 is 9.53 Å². The molecule has 0 radical (unpaired) electrons. The van der Waals surface area contributed by atoms with E-state index in [2.05, 4.69) is 21.4 Å². The van der Waals surface area contributed by atoms with Crippen LogP contribution in [0.1, 0.15) is 19.3 Å². The molecule has 0 aliphatic carbocycles. The van der Waals surface area contributed by atoms with E-state index in [4.69, 9.17) is 4.74 Å². The Morgan fingerprint density at radius 2 is 2.35 bits per heavy atom. The van der Waals surface area contributed by atoms with Crippen LogP contribution in [0.25, 0.3) is 22.2 Å². The highest BCUT2D eigenvalue weighted by atomic mass is 32.1. The molecule has 1 amide bonds. The van der Waals surface area contributed by atoms with Crippen LogP contribution in [0.2, 0.25) is 0 Å². The summed E-state index contributed by atoms with van der Waals surface area (Å²) in [5, 5.41) is 6.61. The number of nitrogens with one attached hydrogen (secondary N) is 2. The van der Waals surface area contributed by atoms with Gasteiger partial charge in [0.05, 0.1) is 18.2 Å². The zero-order valence-electron chi connectivity index (χ0n) is 12.5. The van der Waals surface area contributed by atoms with E-state index in [1.807, 2.05) is 29.8 Å². The van der Waals surface area contributed by atoms with Crippen molar-refractivity contribution in [3.63, 3.8) is 0 Å². The Bertz CT molecular complexity index is 833. The molecule has 1 fully saturated rings. The topological polar surface area (TPSA) is 67.0 Å². The summed E-state index contributed by atoms with van der Waals surface area (Å²) in [6.45, 7) is 0.764. The largest absolute Gasteiger partial charge is 0.378 e. The SMILES string of the molecule is O=C(C[C@H]1CCCO1)Nc1nc(-c2c[nH]c3ccccc23)cs1. The van der Waals surface area contributed by atoms with E-state index in [-0.39, 0.29) is 12.0 Å². The van der Waals surface area contributed by atoms with Crippen LogP contribution in [0.3, 0.4) is 0 Å². The first-order valence-corrected chi connectivity index (χ1v) is 8.61. The Hall–Kier alpha value is -2.18. The number of para-hydroxylation sites is 1. The number of fused-ring (bicyclic) bond motifs is 1. The average Bonchev–Trinajstić information content (AvgIpc) is 3.26. The smallest absolute Gasteiger partial charge is 0.228 e. The minimum atomic E-state index is -0.0308. The highest BCUT2D eigenvalue weighted by Gasteiger charge is 2.20. The number of hydrogen-bond donors (Lipinski definition) is 2. The molecule has 0 saturated carbocycles. The number of amides is 1. The highest BCUT2D eigenvalue weighted by Crippen LogP contribution is 2.31. The Kier molecular flexibility index (Phi) is 3.85. The third-order valence-electron chi connectivity index (χ3n) is 4.05. The van der Waals surface area contributed by atoms with Crippen molar-refractivity contribution in [2.75, 3.05) is 11.9 Å². The summed E-state index contributed by atoms with van der Waals surface area (Å²) in [5.74, 6) is -0.0308. The molecule has 2 aromatic heterocycles. The van der Waals surface area contributed by atoms with Crippen LogP contribution in [0.15, 0.2) is 35.8 Å². The number of carbonyl (C=O) groups excluding carboxylic acids is 1. The van der Waals surface area contributed by atoms with Crippen LogP contribution in [-0.4, -0.2) is 28.6 Å². The van der Waals surface area contributed by atoms with Crippen molar-refractivity contribution in [3.8, 4) is 11.3 Å². The van der Waals surface area contributed by atoms with Crippen molar-refractivity contribution in [1.29, 1.82) is 0 Å².